The van der Waals surface area contributed by atoms with E-state index in [1.54, 1.807) is 0 Å². The summed E-state index contributed by atoms with van der Waals surface area (Å²) in [6.07, 6.45) is 0. The zero-order valence-electron chi connectivity index (χ0n) is 10.3. The standard InChI is InChI=1S/C11H19N3O2/c1-5-12-10(11(15)16-4)7-14-9(3)6-8(2)13-14/h6,10,12H,5,7H2,1-4H3. The fourth-order valence-electron chi connectivity index (χ4n) is 1.64. The molecule has 0 fully saturated rings. The normalized spacial score (nSPS) is 12.5. The summed E-state index contributed by atoms with van der Waals surface area (Å²) in [5.74, 6) is -0.255. The monoisotopic (exact) mass is 225 g/mol. The largest absolute Gasteiger partial charge is 0.468 e. The van der Waals surface area contributed by atoms with Crippen LogP contribution < -0.4 is 5.32 Å². The first-order valence-electron chi connectivity index (χ1n) is 5.40. The molecule has 90 valence electrons. The highest BCUT2D eigenvalue weighted by atomic mass is 16.5. The molecule has 0 aliphatic carbocycles. The van der Waals surface area contributed by atoms with Crippen molar-refractivity contribution < 1.29 is 9.53 Å². The number of hydrogen-bond donors (Lipinski definition) is 1. The summed E-state index contributed by atoms with van der Waals surface area (Å²) in [5.41, 5.74) is 2.00. The molecule has 0 aliphatic heterocycles. The minimum Gasteiger partial charge on any atom is -0.468 e. The third-order valence-electron chi connectivity index (χ3n) is 2.40. The van der Waals surface area contributed by atoms with Gasteiger partial charge in [-0.2, -0.15) is 5.10 Å². The smallest absolute Gasteiger partial charge is 0.324 e. The first-order chi connectivity index (χ1) is 7.58. The number of rotatable bonds is 5. The van der Waals surface area contributed by atoms with E-state index < -0.39 is 0 Å². The van der Waals surface area contributed by atoms with Gasteiger partial charge < -0.3 is 10.1 Å². The SMILES string of the molecule is CCNC(Cn1nc(C)cc1C)C(=O)OC. The Morgan fingerprint density at radius 1 is 1.62 bits per heavy atom. The highest BCUT2D eigenvalue weighted by molar-refractivity contribution is 5.75. The van der Waals surface area contributed by atoms with E-state index >= 15 is 0 Å². The Kier molecular flexibility index (Phi) is 4.49. The Bertz CT molecular complexity index is 360. The molecule has 1 N–H and O–H groups in total. The van der Waals surface area contributed by atoms with Crippen LogP contribution in [-0.2, 0) is 16.1 Å². The van der Waals surface area contributed by atoms with Gasteiger partial charge in [0.1, 0.15) is 6.04 Å². The van der Waals surface area contributed by atoms with E-state index in [2.05, 4.69) is 10.4 Å². The van der Waals surface area contributed by atoms with Crippen molar-refractivity contribution in [2.75, 3.05) is 13.7 Å². The lowest BCUT2D eigenvalue weighted by molar-refractivity contribution is -0.143. The van der Waals surface area contributed by atoms with E-state index in [-0.39, 0.29) is 12.0 Å². The molecule has 0 aliphatic rings. The molecule has 1 atom stereocenters. The molecule has 0 spiro atoms. The molecular weight excluding hydrogens is 206 g/mol. The van der Waals surface area contributed by atoms with E-state index in [1.807, 2.05) is 31.5 Å². The Labute approximate surface area is 95.8 Å². The number of carbonyl (C=O) groups is 1. The van der Waals surface area contributed by atoms with Gasteiger partial charge in [-0.3, -0.25) is 9.48 Å². The van der Waals surface area contributed by atoms with Crippen molar-refractivity contribution in [1.82, 2.24) is 15.1 Å². The zero-order valence-corrected chi connectivity index (χ0v) is 10.3. The highest BCUT2D eigenvalue weighted by Gasteiger charge is 2.19. The lowest BCUT2D eigenvalue weighted by atomic mass is 10.3. The Morgan fingerprint density at radius 2 is 2.31 bits per heavy atom. The molecule has 1 aromatic rings. The molecule has 0 bridgehead atoms. The Balaban J connectivity index is 2.75. The molecule has 0 radical (unpaired) electrons. The topological polar surface area (TPSA) is 56.2 Å². The van der Waals surface area contributed by atoms with Crippen LogP contribution in [0.2, 0.25) is 0 Å². The number of ether oxygens (including phenoxy) is 1. The average Bonchev–Trinajstić information content (AvgIpc) is 2.55. The van der Waals surface area contributed by atoms with Crippen LogP contribution in [0.4, 0.5) is 0 Å². The fraction of sp³-hybridized carbons (Fsp3) is 0.636. The van der Waals surface area contributed by atoms with E-state index in [4.69, 9.17) is 4.74 Å². The highest BCUT2D eigenvalue weighted by Crippen LogP contribution is 2.03. The summed E-state index contributed by atoms with van der Waals surface area (Å²) >= 11 is 0. The molecule has 1 unspecified atom stereocenters. The summed E-state index contributed by atoms with van der Waals surface area (Å²) in [5, 5.41) is 7.40. The van der Waals surface area contributed by atoms with Crippen molar-refractivity contribution >= 4 is 5.97 Å². The first kappa shape index (κ1) is 12.7. The van der Waals surface area contributed by atoms with Crippen LogP contribution >= 0.6 is 0 Å². The maximum atomic E-state index is 11.5. The van der Waals surface area contributed by atoms with E-state index in [0.29, 0.717) is 6.54 Å². The lowest BCUT2D eigenvalue weighted by Crippen LogP contribution is -2.41. The lowest BCUT2D eigenvalue weighted by Gasteiger charge is -2.16. The maximum absolute atomic E-state index is 11.5. The van der Waals surface area contributed by atoms with Crippen LogP contribution in [0.15, 0.2) is 6.07 Å². The van der Waals surface area contributed by atoms with Gasteiger partial charge in [-0.05, 0) is 26.5 Å². The van der Waals surface area contributed by atoms with Gasteiger partial charge in [0.05, 0.1) is 19.3 Å². The summed E-state index contributed by atoms with van der Waals surface area (Å²) in [7, 11) is 1.40. The number of aromatic nitrogens is 2. The van der Waals surface area contributed by atoms with E-state index in [1.165, 1.54) is 7.11 Å². The summed E-state index contributed by atoms with van der Waals surface area (Å²) in [6, 6.07) is 1.65. The number of esters is 1. The summed E-state index contributed by atoms with van der Waals surface area (Å²) in [6.45, 7) is 7.08. The number of aryl methyl sites for hydroxylation is 2. The van der Waals surface area contributed by atoms with Crippen LogP contribution in [0, 0.1) is 13.8 Å². The van der Waals surface area contributed by atoms with E-state index in [0.717, 1.165) is 17.9 Å². The number of nitrogens with zero attached hydrogens (tertiary/aromatic N) is 2. The zero-order chi connectivity index (χ0) is 12.1. The predicted molar refractivity (Wildman–Crippen MR) is 61.2 cm³/mol. The molecular formula is C11H19N3O2. The van der Waals surface area contributed by atoms with Crippen molar-refractivity contribution in [3.63, 3.8) is 0 Å². The number of methoxy groups -OCH3 is 1. The molecule has 16 heavy (non-hydrogen) atoms. The van der Waals surface area contributed by atoms with Crippen molar-refractivity contribution in [3.8, 4) is 0 Å². The Hall–Kier alpha value is -1.36. The Morgan fingerprint density at radius 3 is 2.75 bits per heavy atom. The van der Waals surface area contributed by atoms with Gasteiger partial charge in [-0.1, -0.05) is 6.92 Å². The molecule has 5 nitrogen and oxygen atoms in total. The van der Waals surface area contributed by atoms with Crippen LogP contribution in [0.1, 0.15) is 18.3 Å². The second kappa shape index (κ2) is 5.65. The maximum Gasteiger partial charge on any atom is 0.324 e. The number of carbonyl (C=O) groups excluding carboxylic acids is 1. The summed E-state index contributed by atoms with van der Waals surface area (Å²) in [4.78, 5) is 11.5. The first-order valence-corrected chi connectivity index (χ1v) is 5.40. The molecule has 1 rings (SSSR count). The average molecular weight is 225 g/mol. The van der Waals surface area contributed by atoms with Crippen molar-refractivity contribution in [2.24, 2.45) is 0 Å². The third-order valence-corrected chi connectivity index (χ3v) is 2.40. The fourth-order valence-corrected chi connectivity index (χ4v) is 1.64. The number of nitrogens with one attached hydrogen (secondary N) is 1. The molecule has 1 heterocycles. The molecule has 0 saturated carbocycles. The van der Waals surface area contributed by atoms with Gasteiger partial charge in [0, 0.05) is 5.69 Å². The van der Waals surface area contributed by atoms with Crippen molar-refractivity contribution in [2.45, 2.75) is 33.4 Å². The minimum absolute atomic E-state index is 0.255. The predicted octanol–water partition coefficient (Wildman–Crippen LogP) is 0.651. The molecule has 0 aromatic carbocycles. The van der Waals surface area contributed by atoms with Gasteiger partial charge in [-0.15, -0.1) is 0 Å². The molecule has 0 saturated heterocycles. The summed E-state index contributed by atoms with van der Waals surface area (Å²) < 4.78 is 6.56. The molecule has 0 amide bonds. The van der Waals surface area contributed by atoms with Gasteiger partial charge >= 0.3 is 5.97 Å². The second-order valence-electron chi connectivity index (χ2n) is 3.74. The van der Waals surface area contributed by atoms with Crippen LogP contribution in [0.3, 0.4) is 0 Å². The van der Waals surface area contributed by atoms with Crippen molar-refractivity contribution in [1.29, 1.82) is 0 Å². The van der Waals surface area contributed by atoms with E-state index in [9.17, 15) is 4.79 Å². The van der Waals surface area contributed by atoms with Crippen LogP contribution in [0.5, 0.6) is 0 Å². The van der Waals surface area contributed by atoms with Crippen molar-refractivity contribution in [3.05, 3.63) is 17.5 Å². The third kappa shape index (κ3) is 3.06. The van der Waals surface area contributed by atoms with Gasteiger partial charge in [0.25, 0.3) is 0 Å². The van der Waals surface area contributed by atoms with Gasteiger partial charge in [0.2, 0.25) is 0 Å². The number of likely N-dealkylation sites (N-methyl/N-ethyl adjacent to an activating group) is 1. The van der Waals surface area contributed by atoms with Crippen LogP contribution in [-0.4, -0.2) is 35.4 Å². The molecule has 1 aromatic heterocycles. The quantitative estimate of drug-likeness (QED) is 0.748. The minimum atomic E-state index is -0.340. The van der Waals surface area contributed by atoms with Gasteiger partial charge in [0.15, 0.2) is 0 Å². The van der Waals surface area contributed by atoms with Gasteiger partial charge in [-0.25, -0.2) is 0 Å². The second-order valence-corrected chi connectivity index (χ2v) is 3.74. The van der Waals surface area contributed by atoms with Crippen LogP contribution in [0.25, 0.3) is 0 Å². The molecule has 5 heteroatoms. The number of hydrogen-bond acceptors (Lipinski definition) is 4.